The molecule has 0 spiro atoms. The van der Waals surface area contributed by atoms with Crippen molar-refractivity contribution in [2.24, 2.45) is 0 Å². The van der Waals surface area contributed by atoms with Gasteiger partial charge in [-0.3, -0.25) is 4.98 Å². The fourth-order valence-corrected chi connectivity index (χ4v) is 2.72. The van der Waals surface area contributed by atoms with Crippen LogP contribution in [0.1, 0.15) is 5.56 Å². The van der Waals surface area contributed by atoms with Gasteiger partial charge in [-0.25, -0.2) is 0 Å². The van der Waals surface area contributed by atoms with Crippen LogP contribution in [0.15, 0.2) is 77.6 Å². The minimum absolute atomic E-state index is 0.478. The van der Waals surface area contributed by atoms with Gasteiger partial charge in [0, 0.05) is 36.3 Å². The molecule has 0 saturated carbocycles. The Morgan fingerprint density at radius 3 is 2.70 bits per heavy atom. The molecule has 0 aliphatic rings. The van der Waals surface area contributed by atoms with Gasteiger partial charge in [-0.15, -0.1) is 0 Å². The maximum Gasteiger partial charge on any atom is 0.258 e. The van der Waals surface area contributed by atoms with Crippen molar-refractivity contribution in [2.45, 2.75) is 6.54 Å². The molecule has 1 N–H and O–H groups in total. The predicted octanol–water partition coefficient (Wildman–Crippen LogP) is 4.42. The number of pyridine rings is 1. The van der Waals surface area contributed by atoms with Gasteiger partial charge in [0.15, 0.2) is 0 Å². The number of hydrogen-bond acceptors (Lipinski definition) is 6. The Labute approximate surface area is 156 Å². The molecule has 6 heteroatoms. The Hall–Kier alpha value is -3.67. The Balaban J connectivity index is 1.56. The molecule has 2 aromatic carbocycles. The molecule has 0 fully saturated rings. The van der Waals surface area contributed by atoms with Crippen LogP contribution in [0.5, 0.6) is 5.75 Å². The van der Waals surface area contributed by atoms with Crippen molar-refractivity contribution in [3.8, 4) is 28.6 Å². The molecule has 0 atom stereocenters. The molecule has 4 aromatic rings. The first kappa shape index (κ1) is 16.8. The van der Waals surface area contributed by atoms with Gasteiger partial charge in [0.05, 0.1) is 12.7 Å². The van der Waals surface area contributed by atoms with Crippen LogP contribution in [0.4, 0.5) is 5.69 Å². The van der Waals surface area contributed by atoms with Crippen molar-refractivity contribution in [3.63, 3.8) is 0 Å². The third-order valence-electron chi connectivity index (χ3n) is 4.11. The Morgan fingerprint density at radius 1 is 1.04 bits per heavy atom. The van der Waals surface area contributed by atoms with E-state index in [1.54, 1.807) is 13.3 Å². The fourth-order valence-electron chi connectivity index (χ4n) is 2.72. The molecule has 6 nitrogen and oxygen atoms in total. The average Bonchev–Trinajstić information content (AvgIpc) is 3.23. The number of rotatable bonds is 6. The summed E-state index contributed by atoms with van der Waals surface area (Å²) >= 11 is 0. The first-order chi connectivity index (χ1) is 13.3. The maximum atomic E-state index is 5.53. The second-order valence-corrected chi connectivity index (χ2v) is 5.92. The average molecular weight is 358 g/mol. The molecule has 0 radical (unpaired) electrons. The third kappa shape index (κ3) is 3.79. The molecule has 0 unspecified atom stereocenters. The molecule has 0 aliphatic heterocycles. The zero-order chi connectivity index (χ0) is 18.5. The SMILES string of the molecule is COc1cc(NCc2cccnc2)ccc1-c1noc(-c2ccccc2)n1. The fraction of sp³-hybridized carbons (Fsp3) is 0.0952. The number of methoxy groups -OCH3 is 1. The van der Waals surface area contributed by atoms with Crippen molar-refractivity contribution < 1.29 is 9.26 Å². The molecule has 0 saturated heterocycles. The molecule has 134 valence electrons. The van der Waals surface area contributed by atoms with Gasteiger partial charge in [0.2, 0.25) is 5.82 Å². The van der Waals surface area contributed by atoms with Crippen LogP contribution in [-0.4, -0.2) is 22.2 Å². The summed E-state index contributed by atoms with van der Waals surface area (Å²) in [5.74, 6) is 1.64. The lowest BCUT2D eigenvalue weighted by Crippen LogP contribution is -2.00. The number of anilines is 1. The van der Waals surface area contributed by atoms with E-state index in [4.69, 9.17) is 9.26 Å². The number of ether oxygens (including phenoxy) is 1. The molecule has 2 aromatic heterocycles. The summed E-state index contributed by atoms with van der Waals surface area (Å²) in [7, 11) is 1.63. The van der Waals surface area contributed by atoms with E-state index in [0.717, 1.165) is 22.4 Å². The van der Waals surface area contributed by atoms with E-state index in [-0.39, 0.29) is 0 Å². The number of aromatic nitrogens is 3. The third-order valence-corrected chi connectivity index (χ3v) is 4.11. The summed E-state index contributed by atoms with van der Waals surface area (Å²) in [5, 5.41) is 7.46. The molecule has 0 amide bonds. The highest BCUT2D eigenvalue weighted by molar-refractivity contribution is 5.69. The first-order valence-electron chi connectivity index (χ1n) is 8.54. The number of nitrogens with one attached hydrogen (secondary N) is 1. The molecule has 4 rings (SSSR count). The van der Waals surface area contributed by atoms with Crippen molar-refractivity contribution in [1.82, 2.24) is 15.1 Å². The molecular formula is C21H18N4O2. The van der Waals surface area contributed by atoms with Crippen LogP contribution >= 0.6 is 0 Å². The summed E-state index contributed by atoms with van der Waals surface area (Å²) in [6, 6.07) is 19.4. The lowest BCUT2D eigenvalue weighted by atomic mass is 10.1. The Morgan fingerprint density at radius 2 is 1.93 bits per heavy atom. The van der Waals surface area contributed by atoms with Crippen LogP contribution in [0.25, 0.3) is 22.8 Å². The summed E-state index contributed by atoms with van der Waals surface area (Å²) in [4.78, 5) is 8.62. The largest absolute Gasteiger partial charge is 0.496 e. The van der Waals surface area contributed by atoms with Gasteiger partial charge in [0.1, 0.15) is 5.75 Å². The summed E-state index contributed by atoms with van der Waals surface area (Å²) < 4.78 is 10.9. The van der Waals surface area contributed by atoms with E-state index in [2.05, 4.69) is 20.4 Å². The van der Waals surface area contributed by atoms with Crippen LogP contribution in [-0.2, 0) is 6.54 Å². The van der Waals surface area contributed by atoms with Gasteiger partial charge in [0.25, 0.3) is 5.89 Å². The normalized spacial score (nSPS) is 10.6. The smallest absolute Gasteiger partial charge is 0.258 e. The van der Waals surface area contributed by atoms with E-state index in [1.807, 2.05) is 66.9 Å². The maximum absolute atomic E-state index is 5.53. The second-order valence-electron chi connectivity index (χ2n) is 5.92. The van der Waals surface area contributed by atoms with E-state index in [0.29, 0.717) is 24.0 Å². The van der Waals surface area contributed by atoms with E-state index >= 15 is 0 Å². The van der Waals surface area contributed by atoms with Gasteiger partial charge in [-0.2, -0.15) is 4.98 Å². The predicted molar refractivity (Wildman–Crippen MR) is 103 cm³/mol. The second kappa shape index (κ2) is 7.70. The van der Waals surface area contributed by atoms with Crippen LogP contribution in [0.2, 0.25) is 0 Å². The van der Waals surface area contributed by atoms with E-state index in [1.165, 1.54) is 0 Å². The number of benzene rings is 2. The van der Waals surface area contributed by atoms with Gasteiger partial charge in [-0.05, 0) is 35.9 Å². The van der Waals surface area contributed by atoms with Crippen molar-refractivity contribution in [2.75, 3.05) is 12.4 Å². The highest BCUT2D eigenvalue weighted by Gasteiger charge is 2.15. The topological polar surface area (TPSA) is 73.1 Å². The summed E-state index contributed by atoms with van der Waals surface area (Å²) in [6.45, 7) is 0.677. The van der Waals surface area contributed by atoms with Crippen molar-refractivity contribution in [3.05, 3.63) is 78.6 Å². The standard InChI is InChI=1S/C21H18N4O2/c1-26-19-12-17(23-14-15-6-5-11-22-13-15)9-10-18(19)20-24-21(27-25-20)16-7-3-2-4-8-16/h2-13,23H,14H2,1H3. The van der Waals surface area contributed by atoms with Gasteiger partial charge >= 0.3 is 0 Å². The monoisotopic (exact) mass is 358 g/mol. The molecular weight excluding hydrogens is 340 g/mol. The molecule has 27 heavy (non-hydrogen) atoms. The zero-order valence-corrected chi connectivity index (χ0v) is 14.8. The van der Waals surface area contributed by atoms with Crippen LogP contribution in [0.3, 0.4) is 0 Å². The number of hydrogen-bond donors (Lipinski definition) is 1. The Bertz CT molecular complexity index is 1020. The quantitative estimate of drug-likeness (QED) is 0.550. The highest BCUT2D eigenvalue weighted by Crippen LogP contribution is 2.32. The van der Waals surface area contributed by atoms with E-state index < -0.39 is 0 Å². The molecule has 0 aliphatic carbocycles. The zero-order valence-electron chi connectivity index (χ0n) is 14.8. The van der Waals surface area contributed by atoms with Gasteiger partial charge < -0.3 is 14.6 Å². The van der Waals surface area contributed by atoms with Crippen molar-refractivity contribution >= 4 is 5.69 Å². The van der Waals surface area contributed by atoms with E-state index in [9.17, 15) is 0 Å². The Kier molecular flexibility index (Phi) is 4.78. The highest BCUT2D eigenvalue weighted by atomic mass is 16.5. The van der Waals surface area contributed by atoms with Crippen molar-refractivity contribution in [1.29, 1.82) is 0 Å². The number of nitrogens with zero attached hydrogens (tertiary/aromatic N) is 3. The summed E-state index contributed by atoms with van der Waals surface area (Å²) in [6.07, 6.45) is 3.60. The first-order valence-corrected chi connectivity index (χ1v) is 8.54. The van der Waals surface area contributed by atoms with Crippen LogP contribution < -0.4 is 10.1 Å². The lowest BCUT2D eigenvalue weighted by Gasteiger charge is -2.10. The van der Waals surface area contributed by atoms with Gasteiger partial charge in [-0.1, -0.05) is 29.4 Å². The van der Waals surface area contributed by atoms with Crippen LogP contribution in [0, 0.1) is 0 Å². The summed E-state index contributed by atoms with van der Waals surface area (Å²) in [5.41, 5.74) is 3.69. The molecule has 2 heterocycles. The minimum Gasteiger partial charge on any atom is -0.496 e. The lowest BCUT2D eigenvalue weighted by molar-refractivity contribution is 0.413. The minimum atomic E-state index is 0.478. The molecule has 0 bridgehead atoms.